The summed E-state index contributed by atoms with van der Waals surface area (Å²) in [5.41, 5.74) is 7.29. The predicted octanol–water partition coefficient (Wildman–Crippen LogP) is 3.17. The number of anilines is 1. The van der Waals surface area contributed by atoms with E-state index >= 15 is 0 Å². The minimum atomic E-state index is -0.822. The maximum atomic E-state index is 12.8. The Balaban J connectivity index is 2.74. The summed E-state index contributed by atoms with van der Waals surface area (Å²) < 4.78 is 0.441. The van der Waals surface area contributed by atoms with Crippen molar-refractivity contribution in [2.45, 2.75) is 0 Å². The Morgan fingerprint density at radius 2 is 1.91 bits per heavy atom. The van der Waals surface area contributed by atoms with Crippen LogP contribution in [0.2, 0.25) is 5.02 Å². The number of hydrogen-bond acceptors (Lipinski definition) is 4. The van der Waals surface area contributed by atoms with Crippen molar-refractivity contribution >= 4 is 34.6 Å². The molecular formula is C16H13ClN3O3-. The molecule has 0 radical (unpaired) electrons. The Hall–Kier alpha value is -2.83. The Labute approximate surface area is 137 Å². The summed E-state index contributed by atoms with van der Waals surface area (Å²) in [5.74, 6) is -0.822. The third-order valence-corrected chi connectivity index (χ3v) is 3.42. The van der Waals surface area contributed by atoms with Crippen LogP contribution in [0, 0.1) is 10.4 Å². The summed E-state index contributed by atoms with van der Waals surface area (Å²) in [7, 11) is 0. The Morgan fingerprint density at radius 3 is 2.43 bits per heavy atom. The van der Waals surface area contributed by atoms with Crippen LogP contribution in [0.5, 0.6) is 0 Å². The van der Waals surface area contributed by atoms with Crippen molar-refractivity contribution < 1.29 is 9.53 Å². The van der Waals surface area contributed by atoms with Crippen LogP contribution in [0.15, 0.2) is 55.1 Å². The molecule has 0 aromatic heterocycles. The number of amides is 1. The Kier molecular flexibility index (Phi) is 5.00. The number of hydrogen-bond donors (Lipinski definition) is 2. The van der Waals surface area contributed by atoms with Gasteiger partial charge in [-0.2, -0.15) is 4.74 Å². The van der Waals surface area contributed by atoms with Crippen LogP contribution in [-0.4, -0.2) is 16.4 Å². The molecule has 2 rings (SSSR count). The average molecular weight is 331 g/mol. The second kappa shape index (κ2) is 6.95. The molecule has 1 amide bonds. The third kappa shape index (κ3) is 3.33. The van der Waals surface area contributed by atoms with Gasteiger partial charge in [-0.15, -0.1) is 0 Å². The predicted molar refractivity (Wildman–Crippen MR) is 91.0 cm³/mol. The molecule has 0 fully saturated rings. The molecular weight excluding hydrogens is 318 g/mol. The average Bonchev–Trinajstić information content (AvgIpc) is 2.56. The number of nitrogens with two attached hydrogens (primary N) is 1. The van der Waals surface area contributed by atoms with Crippen molar-refractivity contribution in [3.05, 3.63) is 81.7 Å². The molecule has 2 aromatic carbocycles. The van der Waals surface area contributed by atoms with E-state index in [4.69, 9.17) is 17.3 Å². The van der Waals surface area contributed by atoms with E-state index in [1.807, 2.05) is 0 Å². The van der Waals surface area contributed by atoms with Gasteiger partial charge in [-0.05, 0) is 36.4 Å². The first-order valence-electron chi connectivity index (χ1n) is 6.53. The first-order chi connectivity index (χ1) is 11.0. The van der Waals surface area contributed by atoms with Crippen LogP contribution in [0.4, 0.5) is 11.4 Å². The highest BCUT2D eigenvalue weighted by atomic mass is 35.5. The van der Waals surface area contributed by atoms with Gasteiger partial charge in [-0.3, -0.25) is 4.79 Å². The minimum absolute atomic E-state index is 0.0652. The van der Waals surface area contributed by atoms with E-state index < -0.39 is 5.91 Å². The lowest BCUT2D eigenvalue weighted by Crippen LogP contribution is -2.18. The van der Waals surface area contributed by atoms with Crippen LogP contribution in [0.3, 0.4) is 0 Å². The molecule has 0 atom stereocenters. The topological polar surface area (TPSA) is 104 Å². The molecule has 0 heterocycles. The van der Waals surface area contributed by atoms with Gasteiger partial charge in [0, 0.05) is 16.7 Å². The van der Waals surface area contributed by atoms with Gasteiger partial charge in [0.1, 0.15) is 5.56 Å². The van der Waals surface area contributed by atoms with Crippen molar-refractivity contribution in [3.8, 4) is 0 Å². The van der Waals surface area contributed by atoms with Crippen LogP contribution in [0.25, 0.3) is 0 Å². The Morgan fingerprint density at radius 1 is 1.26 bits per heavy atom. The fourth-order valence-corrected chi connectivity index (χ4v) is 2.23. The van der Waals surface area contributed by atoms with Crippen LogP contribution >= 0.6 is 11.6 Å². The normalized spacial score (nSPS) is 11.6. The number of carbonyl (C=O) groups excluding carboxylic acids is 1. The van der Waals surface area contributed by atoms with Crippen molar-refractivity contribution in [1.29, 1.82) is 0 Å². The first-order valence-corrected chi connectivity index (χ1v) is 6.91. The van der Waals surface area contributed by atoms with E-state index in [1.54, 1.807) is 29.7 Å². The number of halogens is 1. The molecule has 23 heavy (non-hydrogen) atoms. The van der Waals surface area contributed by atoms with E-state index in [2.05, 4.69) is 6.58 Å². The lowest BCUT2D eigenvalue weighted by atomic mass is 10.1. The SMILES string of the molecule is C=C/C(c1ccc(Cl)cc1)=[N+](/[O-])c1c(N[O-])cccc1C(N)=O. The Bertz CT molecular complexity index is 786. The molecule has 0 aliphatic rings. The zero-order valence-electron chi connectivity index (χ0n) is 12.0. The lowest BCUT2D eigenvalue weighted by Gasteiger charge is -2.17. The minimum Gasteiger partial charge on any atom is -0.761 e. The number of nitrogens with one attached hydrogen (secondary N) is 1. The summed E-state index contributed by atoms with van der Waals surface area (Å²) in [6.07, 6.45) is 1.32. The van der Waals surface area contributed by atoms with Gasteiger partial charge >= 0.3 is 0 Å². The summed E-state index contributed by atoms with van der Waals surface area (Å²) in [5, 5.41) is 24.4. The van der Waals surface area contributed by atoms with Crippen molar-refractivity contribution in [2.75, 3.05) is 5.48 Å². The summed E-state index contributed by atoms with van der Waals surface area (Å²) in [6, 6.07) is 10.7. The highest BCUT2D eigenvalue weighted by Crippen LogP contribution is 2.29. The van der Waals surface area contributed by atoms with Crippen molar-refractivity contribution in [3.63, 3.8) is 0 Å². The second-order valence-electron chi connectivity index (χ2n) is 4.56. The summed E-state index contributed by atoms with van der Waals surface area (Å²) in [4.78, 5) is 11.6. The zero-order chi connectivity index (χ0) is 17.0. The molecule has 0 saturated carbocycles. The van der Waals surface area contributed by atoms with Gasteiger partial charge in [-0.1, -0.05) is 24.2 Å². The standard InChI is InChI=1S/C16H13ClN3O3/c1-2-14(10-6-8-11(17)9-7-10)20(23)15-12(16(18)21)4-3-5-13(15)19-22/h2-9,19H,1H2,(H2,18,21)/q-1/b20-14-. The molecule has 0 spiro atoms. The fraction of sp³-hybridized carbons (Fsp3) is 0. The molecule has 6 nitrogen and oxygen atoms in total. The number of allylic oxidation sites excluding steroid dienone is 1. The van der Waals surface area contributed by atoms with E-state index in [-0.39, 0.29) is 22.6 Å². The zero-order valence-corrected chi connectivity index (χ0v) is 12.7. The van der Waals surface area contributed by atoms with Gasteiger partial charge in [0.2, 0.25) is 5.71 Å². The summed E-state index contributed by atoms with van der Waals surface area (Å²) in [6.45, 7) is 3.61. The van der Waals surface area contributed by atoms with Gasteiger partial charge in [-0.25, -0.2) is 0 Å². The number of rotatable bonds is 5. The summed E-state index contributed by atoms with van der Waals surface area (Å²) >= 11 is 5.83. The monoisotopic (exact) mass is 330 g/mol. The quantitative estimate of drug-likeness (QED) is 0.380. The van der Waals surface area contributed by atoms with Crippen LogP contribution in [0.1, 0.15) is 15.9 Å². The van der Waals surface area contributed by atoms with Crippen LogP contribution < -0.4 is 11.2 Å². The van der Waals surface area contributed by atoms with E-state index in [9.17, 15) is 15.2 Å². The maximum Gasteiger partial charge on any atom is 0.255 e. The van der Waals surface area contributed by atoms with E-state index in [1.165, 1.54) is 24.3 Å². The van der Waals surface area contributed by atoms with Crippen molar-refractivity contribution in [2.24, 2.45) is 5.73 Å². The highest BCUT2D eigenvalue weighted by Gasteiger charge is 2.22. The maximum absolute atomic E-state index is 12.8. The molecule has 3 N–H and O–H groups in total. The molecule has 2 aromatic rings. The van der Waals surface area contributed by atoms with E-state index in [0.717, 1.165) is 0 Å². The lowest BCUT2D eigenvalue weighted by molar-refractivity contribution is -0.358. The number of benzene rings is 2. The number of primary amides is 1. The van der Waals surface area contributed by atoms with Gasteiger partial charge in [0.05, 0.1) is 5.69 Å². The molecule has 118 valence electrons. The third-order valence-electron chi connectivity index (χ3n) is 3.17. The van der Waals surface area contributed by atoms with Crippen LogP contribution in [-0.2, 0) is 0 Å². The smallest absolute Gasteiger partial charge is 0.255 e. The largest absolute Gasteiger partial charge is 0.761 e. The van der Waals surface area contributed by atoms with Gasteiger partial charge in [0.25, 0.3) is 11.6 Å². The fourth-order valence-electron chi connectivity index (χ4n) is 2.10. The number of carbonyl (C=O) groups is 1. The molecule has 0 aliphatic heterocycles. The number of para-hydroxylation sites is 1. The van der Waals surface area contributed by atoms with Gasteiger partial charge < -0.3 is 21.6 Å². The highest BCUT2D eigenvalue weighted by molar-refractivity contribution is 6.30. The molecule has 0 unspecified atom stereocenters. The van der Waals surface area contributed by atoms with Gasteiger partial charge in [0.15, 0.2) is 0 Å². The van der Waals surface area contributed by atoms with Crippen molar-refractivity contribution in [1.82, 2.24) is 0 Å². The number of nitrogens with zero attached hydrogens (tertiary/aromatic N) is 1. The molecule has 0 aliphatic carbocycles. The second-order valence-corrected chi connectivity index (χ2v) is 5.00. The molecule has 0 saturated heterocycles. The molecule has 7 heteroatoms. The molecule has 0 bridgehead atoms. The van der Waals surface area contributed by atoms with E-state index in [0.29, 0.717) is 15.3 Å². The first kappa shape index (κ1) is 16.5.